The first-order valence-electron chi connectivity index (χ1n) is 9.02. The van der Waals surface area contributed by atoms with E-state index in [1.807, 2.05) is 0 Å². The molecule has 2 amide bonds. The van der Waals surface area contributed by atoms with Crippen LogP contribution in [0.4, 0.5) is 10.1 Å². The van der Waals surface area contributed by atoms with Crippen LogP contribution >= 0.6 is 0 Å². The molecule has 1 N–H and O–H groups in total. The number of esters is 1. The highest BCUT2D eigenvalue weighted by Gasteiger charge is 2.29. The first-order valence-corrected chi connectivity index (χ1v) is 9.02. The van der Waals surface area contributed by atoms with Crippen LogP contribution in [0, 0.1) is 11.7 Å². The Balaban J connectivity index is 1.65. The summed E-state index contributed by atoms with van der Waals surface area (Å²) in [6.45, 7) is 0.844. The molecule has 1 fully saturated rings. The molecule has 146 valence electrons. The Hall–Kier alpha value is -3.22. The van der Waals surface area contributed by atoms with E-state index in [0.717, 1.165) is 0 Å². The Morgan fingerprint density at radius 3 is 2.57 bits per heavy atom. The minimum absolute atomic E-state index is 0.210. The molecular formula is C21H21FN2O4. The minimum atomic E-state index is -0.482. The van der Waals surface area contributed by atoms with Gasteiger partial charge in [-0.15, -0.1) is 0 Å². The third-order valence-corrected chi connectivity index (χ3v) is 4.72. The molecule has 0 aliphatic carbocycles. The van der Waals surface area contributed by atoms with Crippen molar-refractivity contribution in [3.05, 3.63) is 65.5 Å². The molecule has 1 aliphatic heterocycles. The van der Waals surface area contributed by atoms with E-state index >= 15 is 0 Å². The number of amides is 2. The molecule has 1 unspecified atom stereocenters. The van der Waals surface area contributed by atoms with Crippen LogP contribution in [-0.4, -0.2) is 42.9 Å². The molecule has 2 aromatic rings. The molecule has 0 radical (unpaired) electrons. The van der Waals surface area contributed by atoms with Crippen molar-refractivity contribution in [2.75, 3.05) is 25.5 Å². The second-order valence-corrected chi connectivity index (χ2v) is 6.66. The number of halogens is 1. The lowest BCUT2D eigenvalue weighted by Gasteiger charge is -2.32. The van der Waals surface area contributed by atoms with Crippen molar-refractivity contribution >= 4 is 23.5 Å². The number of nitrogens with zero attached hydrogens (tertiary/aromatic N) is 1. The number of ether oxygens (including phenoxy) is 1. The number of carbonyl (C=O) groups is 3. The van der Waals surface area contributed by atoms with Gasteiger partial charge in [-0.3, -0.25) is 9.59 Å². The molecule has 7 heteroatoms. The van der Waals surface area contributed by atoms with Crippen molar-refractivity contribution < 1.29 is 23.5 Å². The van der Waals surface area contributed by atoms with Gasteiger partial charge in [-0.1, -0.05) is 6.07 Å². The van der Waals surface area contributed by atoms with Crippen LogP contribution in [0.1, 0.15) is 33.6 Å². The van der Waals surface area contributed by atoms with Crippen LogP contribution in [0.3, 0.4) is 0 Å². The summed E-state index contributed by atoms with van der Waals surface area (Å²) in [7, 11) is 1.29. The number of benzene rings is 2. The van der Waals surface area contributed by atoms with Crippen molar-refractivity contribution in [1.29, 1.82) is 0 Å². The van der Waals surface area contributed by atoms with E-state index in [1.165, 1.54) is 31.4 Å². The van der Waals surface area contributed by atoms with Gasteiger partial charge in [0.15, 0.2) is 0 Å². The third kappa shape index (κ3) is 4.54. The Labute approximate surface area is 162 Å². The first-order chi connectivity index (χ1) is 13.5. The number of hydrogen-bond donors (Lipinski definition) is 1. The third-order valence-electron chi connectivity index (χ3n) is 4.72. The van der Waals surface area contributed by atoms with Crippen molar-refractivity contribution in [1.82, 2.24) is 4.90 Å². The van der Waals surface area contributed by atoms with Crippen LogP contribution in [0.25, 0.3) is 0 Å². The van der Waals surface area contributed by atoms with Crippen molar-refractivity contribution in [2.45, 2.75) is 12.8 Å². The molecule has 0 bridgehead atoms. The Morgan fingerprint density at radius 1 is 1.11 bits per heavy atom. The van der Waals surface area contributed by atoms with E-state index in [4.69, 9.17) is 0 Å². The van der Waals surface area contributed by atoms with E-state index in [-0.39, 0.29) is 17.7 Å². The molecule has 1 saturated heterocycles. The van der Waals surface area contributed by atoms with Gasteiger partial charge in [0.1, 0.15) is 5.82 Å². The average molecular weight is 384 g/mol. The predicted octanol–water partition coefficient (Wildman–Crippen LogP) is 3.10. The van der Waals surface area contributed by atoms with Crippen LogP contribution < -0.4 is 5.32 Å². The standard InChI is InChI=1S/C21H21FN2O4/c1-28-21(27)15-4-2-6-18(12-15)23-19(25)16-5-3-11-24(13-16)20(26)14-7-9-17(22)10-8-14/h2,4,6-10,12,16H,3,5,11,13H2,1H3,(H,23,25). The van der Waals surface area contributed by atoms with E-state index in [9.17, 15) is 18.8 Å². The fourth-order valence-electron chi connectivity index (χ4n) is 3.24. The maximum absolute atomic E-state index is 13.1. The van der Waals surface area contributed by atoms with Crippen LogP contribution in [-0.2, 0) is 9.53 Å². The molecular weight excluding hydrogens is 363 g/mol. The summed E-state index contributed by atoms with van der Waals surface area (Å²) in [5.41, 5.74) is 1.24. The number of nitrogens with one attached hydrogen (secondary N) is 1. The summed E-state index contributed by atoms with van der Waals surface area (Å²) < 4.78 is 17.7. The number of likely N-dealkylation sites (tertiary alicyclic amines) is 1. The van der Waals surface area contributed by atoms with Crippen molar-refractivity contribution in [3.8, 4) is 0 Å². The summed E-state index contributed by atoms with van der Waals surface area (Å²) >= 11 is 0. The van der Waals surface area contributed by atoms with Gasteiger partial charge in [-0.2, -0.15) is 0 Å². The fourth-order valence-corrected chi connectivity index (χ4v) is 3.24. The first kappa shape index (κ1) is 19.5. The molecule has 1 atom stereocenters. The van der Waals surface area contributed by atoms with E-state index in [0.29, 0.717) is 42.7 Å². The number of anilines is 1. The second kappa shape index (κ2) is 8.65. The largest absolute Gasteiger partial charge is 0.465 e. The number of methoxy groups -OCH3 is 1. The predicted molar refractivity (Wildman–Crippen MR) is 101 cm³/mol. The van der Waals surface area contributed by atoms with Gasteiger partial charge < -0.3 is 15.0 Å². The highest BCUT2D eigenvalue weighted by atomic mass is 19.1. The molecule has 1 heterocycles. The maximum Gasteiger partial charge on any atom is 0.337 e. The van der Waals surface area contributed by atoms with E-state index < -0.39 is 11.8 Å². The fraction of sp³-hybridized carbons (Fsp3) is 0.286. The van der Waals surface area contributed by atoms with Gasteiger partial charge in [0.2, 0.25) is 5.91 Å². The van der Waals surface area contributed by atoms with Crippen LogP contribution in [0.2, 0.25) is 0 Å². The Morgan fingerprint density at radius 2 is 1.86 bits per heavy atom. The molecule has 0 spiro atoms. The lowest BCUT2D eigenvalue weighted by molar-refractivity contribution is -0.121. The van der Waals surface area contributed by atoms with Gasteiger partial charge in [-0.05, 0) is 55.3 Å². The Kier molecular flexibility index (Phi) is 6.03. The summed E-state index contributed by atoms with van der Waals surface area (Å²) in [6, 6.07) is 11.9. The van der Waals surface area contributed by atoms with Crippen LogP contribution in [0.5, 0.6) is 0 Å². The number of hydrogen-bond acceptors (Lipinski definition) is 4. The Bertz CT molecular complexity index is 882. The highest BCUT2D eigenvalue weighted by molar-refractivity contribution is 5.97. The summed E-state index contributed by atoms with van der Waals surface area (Å²) in [4.78, 5) is 38.5. The smallest absolute Gasteiger partial charge is 0.337 e. The number of carbonyl (C=O) groups excluding carboxylic acids is 3. The topological polar surface area (TPSA) is 75.7 Å². The van der Waals surface area contributed by atoms with Gasteiger partial charge in [0, 0.05) is 24.3 Å². The number of piperidine rings is 1. The second-order valence-electron chi connectivity index (χ2n) is 6.66. The monoisotopic (exact) mass is 384 g/mol. The molecule has 2 aromatic carbocycles. The maximum atomic E-state index is 13.1. The zero-order chi connectivity index (χ0) is 20.1. The molecule has 1 aliphatic rings. The zero-order valence-electron chi connectivity index (χ0n) is 15.5. The molecule has 3 rings (SSSR count). The quantitative estimate of drug-likeness (QED) is 0.822. The van der Waals surface area contributed by atoms with Gasteiger partial charge in [0.05, 0.1) is 18.6 Å². The normalized spacial score (nSPS) is 16.4. The molecule has 0 saturated carbocycles. The lowest BCUT2D eigenvalue weighted by Crippen LogP contribution is -2.43. The molecule has 28 heavy (non-hydrogen) atoms. The zero-order valence-corrected chi connectivity index (χ0v) is 15.5. The van der Waals surface area contributed by atoms with E-state index in [2.05, 4.69) is 10.1 Å². The van der Waals surface area contributed by atoms with E-state index in [1.54, 1.807) is 29.2 Å². The summed E-state index contributed by atoms with van der Waals surface area (Å²) in [6.07, 6.45) is 1.36. The molecule has 0 aromatic heterocycles. The highest BCUT2D eigenvalue weighted by Crippen LogP contribution is 2.21. The summed E-state index contributed by atoms with van der Waals surface area (Å²) in [5.74, 6) is -1.67. The van der Waals surface area contributed by atoms with Crippen LogP contribution in [0.15, 0.2) is 48.5 Å². The lowest BCUT2D eigenvalue weighted by atomic mass is 9.96. The van der Waals surface area contributed by atoms with Gasteiger partial charge in [-0.25, -0.2) is 9.18 Å². The van der Waals surface area contributed by atoms with Gasteiger partial charge in [0.25, 0.3) is 5.91 Å². The SMILES string of the molecule is COC(=O)c1cccc(NC(=O)C2CCCN(C(=O)c3ccc(F)cc3)C2)c1. The minimum Gasteiger partial charge on any atom is -0.465 e. The number of rotatable bonds is 4. The van der Waals surface area contributed by atoms with Crippen molar-refractivity contribution in [2.24, 2.45) is 5.92 Å². The average Bonchev–Trinajstić information content (AvgIpc) is 2.73. The van der Waals surface area contributed by atoms with Crippen molar-refractivity contribution in [3.63, 3.8) is 0 Å². The van der Waals surface area contributed by atoms with Gasteiger partial charge >= 0.3 is 5.97 Å². The summed E-state index contributed by atoms with van der Waals surface area (Å²) in [5, 5.41) is 2.80. The molecule has 6 nitrogen and oxygen atoms in total.